The van der Waals surface area contributed by atoms with E-state index in [1.165, 1.54) is 16.7 Å². The topological polar surface area (TPSA) is 37.3 Å². The van der Waals surface area contributed by atoms with E-state index in [1.807, 2.05) is 24.3 Å². The average molecular weight is 280 g/mol. The van der Waals surface area contributed by atoms with E-state index in [-0.39, 0.29) is 6.42 Å². The van der Waals surface area contributed by atoms with Crippen LogP contribution in [0.2, 0.25) is 0 Å². The standard InChI is InChI=1S/C19H20O2/c20-19(21)11-7-2-1-4-8-16-12-14-18(15-13-16)17-9-5-3-6-10-17/h1-3,5-6,9-10,12-15H,4,7-8,11H2,(H,20,21). The quantitative estimate of drug-likeness (QED) is 0.746. The number of carbonyl (C=O) groups is 1. The van der Waals surface area contributed by atoms with Crippen molar-refractivity contribution >= 4 is 5.97 Å². The van der Waals surface area contributed by atoms with Gasteiger partial charge in [-0.15, -0.1) is 0 Å². The third-order valence-electron chi connectivity index (χ3n) is 3.35. The number of aliphatic carboxylic acids is 1. The van der Waals surface area contributed by atoms with Gasteiger partial charge in [-0.25, -0.2) is 0 Å². The molecule has 0 bridgehead atoms. The smallest absolute Gasteiger partial charge is 0.303 e. The molecule has 0 amide bonds. The minimum atomic E-state index is -0.740. The molecule has 0 aliphatic carbocycles. The fourth-order valence-electron chi connectivity index (χ4n) is 2.19. The summed E-state index contributed by atoms with van der Waals surface area (Å²) in [6.07, 6.45) is 6.77. The molecule has 0 unspecified atom stereocenters. The molecule has 2 aromatic rings. The van der Waals surface area contributed by atoms with E-state index in [2.05, 4.69) is 42.5 Å². The number of hydrogen-bond acceptors (Lipinski definition) is 1. The molecule has 108 valence electrons. The van der Waals surface area contributed by atoms with Gasteiger partial charge < -0.3 is 5.11 Å². The summed E-state index contributed by atoms with van der Waals surface area (Å²) in [5, 5.41) is 8.53. The molecule has 2 nitrogen and oxygen atoms in total. The Morgan fingerprint density at radius 3 is 2.14 bits per heavy atom. The molecule has 0 aliphatic rings. The van der Waals surface area contributed by atoms with E-state index < -0.39 is 5.97 Å². The van der Waals surface area contributed by atoms with Crippen LogP contribution in [-0.4, -0.2) is 11.1 Å². The first-order chi connectivity index (χ1) is 10.3. The molecule has 0 heterocycles. The summed E-state index contributed by atoms with van der Waals surface area (Å²) in [4.78, 5) is 10.4. The Hall–Kier alpha value is -2.35. The van der Waals surface area contributed by atoms with Crippen LogP contribution in [0.5, 0.6) is 0 Å². The largest absolute Gasteiger partial charge is 0.481 e. The van der Waals surface area contributed by atoms with Gasteiger partial charge in [0.15, 0.2) is 0 Å². The Bertz CT molecular complexity index is 583. The lowest BCUT2D eigenvalue weighted by Crippen LogP contribution is -1.91. The summed E-state index contributed by atoms with van der Waals surface area (Å²) in [6, 6.07) is 19.0. The van der Waals surface area contributed by atoms with Crippen LogP contribution in [0.1, 0.15) is 24.8 Å². The second-order valence-electron chi connectivity index (χ2n) is 5.01. The van der Waals surface area contributed by atoms with Crippen LogP contribution < -0.4 is 0 Å². The lowest BCUT2D eigenvalue weighted by Gasteiger charge is -2.03. The molecule has 0 saturated carbocycles. The van der Waals surface area contributed by atoms with Crippen molar-refractivity contribution in [3.8, 4) is 11.1 Å². The van der Waals surface area contributed by atoms with E-state index in [9.17, 15) is 4.79 Å². The fraction of sp³-hybridized carbons (Fsp3) is 0.211. The predicted molar refractivity (Wildman–Crippen MR) is 86.2 cm³/mol. The van der Waals surface area contributed by atoms with E-state index >= 15 is 0 Å². The van der Waals surface area contributed by atoms with Gasteiger partial charge in [0.25, 0.3) is 0 Å². The maximum Gasteiger partial charge on any atom is 0.303 e. The zero-order chi connectivity index (χ0) is 14.9. The van der Waals surface area contributed by atoms with Crippen LogP contribution in [0.4, 0.5) is 0 Å². The second-order valence-corrected chi connectivity index (χ2v) is 5.01. The van der Waals surface area contributed by atoms with Crippen molar-refractivity contribution in [2.75, 3.05) is 0 Å². The molecule has 2 heteroatoms. The van der Waals surface area contributed by atoms with E-state index in [4.69, 9.17) is 5.11 Å². The van der Waals surface area contributed by atoms with Gasteiger partial charge in [0.05, 0.1) is 0 Å². The Balaban J connectivity index is 1.82. The first kappa shape index (κ1) is 15.0. The molecule has 0 atom stereocenters. The SMILES string of the molecule is O=C(O)CCC=CCCc1ccc(-c2ccccc2)cc1. The summed E-state index contributed by atoms with van der Waals surface area (Å²) in [7, 11) is 0. The highest BCUT2D eigenvalue weighted by atomic mass is 16.4. The van der Waals surface area contributed by atoms with Crippen molar-refractivity contribution in [1.82, 2.24) is 0 Å². The summed E-state index contributed by atoms with van der Waals surface area (Å²) in [6.45, 7) is 0. The number of benzene rings is 2. The minimum absolute atomic E-state index is 0.211. The number of hydrogen-bond donors (Lipinski definition) is 1. The molecular weight excluding hydrogens is 260 g/mol. The molecule has 2 aromatic carbocycles. The van der Waals surface area contributed by atoms with Gasteiger partial charge in [0.2, 0.25) is 0 Å². The second kappa shape index (κ2) is 8.05. The molecule has 0 saturated heterocycles. The van der Waals surface area contributed by atoms with Crippen molar-refractivity contribution in [2.45, 2.75) is 25.7 Å². The number of carboxylic acids is 1. The highest BCUT2D eigenvalue weighted by Crippen LogP contribution is 2.19. The number of rotatable bonds is 7. The molecule has 0 radical (unpaired) electrons. The number of carboxylic acid groups (broad SMARTS) is 1. The molecule has 21 heavy (non-hydrogen) atoms. The van der Waals surface area contributed by atoms with Gasteiger partial charge >= 0.3 is 5.97 Å². The summed E-state index contributed by atoms with van der Waals surface area (Å²) < 4.78 is 0. The van der Waals surface area contributed by atoms with Crippen LogP contribution in [0.15, 0.2) is 66.7 Å². The van der Waals surface area contributed by atoms with Crippen molar-refractivity contribution in [1.29, 1.82) is 0 Å². The van der Waals surface area contributed by atoms with E-state index in [1.54, 1.807) is 0 Å². The monoisotopic (exact) mass is 280 g/mol. The van der Waals surface area contributed by atoms with Crippen LogP contribution in [0, 0.1) is 0 Å². The highest BCUT2D eigenvalue weighted by Gasteiger charge is 1.97. The molecule has 0 aromatic heterocycles. The number of allylic oxidation sites excluding steroid dienone is 2. The maximum absolute atomic E-state index is 10.4. The van der Waals surface area contributed by atoms with Crippen molar-refractivity contribution in [3.05, 3.63) is 72.3 Å². The van der Waals surface area contributed by atoms with Crippen molar-refractivity contribution < 1.29 is 9.90 Å². The van der Waals surface area contributed by atoms with Crippen LogP contribution in [0.25, 0.3) is 11.1 Å². The molecule has 2 rings (SSSR count). The first-order valence-electron chi connectivity index (χ1n) is 7.27. The summed E-state index contributed by atoms with van der Waals surface area (Å²) in [5.41, 5.74) is 3.77. The molecule has 0 aliphatic heterocycles. The van der Waals surface area contributed by atoms with Crippen LogP contribution in [-0.2, 0) is 11.2 Å². The van der Waals surface area contributed by atoms with Crippen molar-refractivity contribution in [2.24, 2.45) is 0 Å². The van der Waals surface area contributed by atoms with Gasteiger partial charge in [-0.1, -0.05) is 66.7 Å². The highest BCUT2D eigenvalue weighted by molar-refractivity contribution is 5.66. The van der Waals surface area contributed by atoms with Crippen LogP contribution >= 0.6 is 0 Å². The van der Waals surface area contributed by atoms with Gasteiger partial charge in [-0.2, -0.15) is 0 Å². The summed E-state index contributed by atoms with van der Waals surface area (Å²) >= 11 is 0. The Labute approximate surface area is 125 Å². The zero-order valence-corrected chi connectivity index (χ0v) is 12.0. The van der Waals surface area contributed by atoms with E-state index in [0.29, 0.717) is 6.42 Å². The normalized spacial score (nSPS) is 10.9. The van der Waals surface area contributed by atoms with Gasteiger partial charge in [0.1, 0.15) is 0 Å². The Kier molecular flexibility index (Phi) is 5.77. The fourth-order valence-corrected chi connectivity index (χ4v) is 2.19. The summed E-state index contributed by atoms with van der Waals surface area (Å²) in [5.74, 6) is -0.740. The van der Waals surface area contributed by atoms with Crippen LogP contribution in [0.3, 0.4) is 0 Å². The third kappa shape index (κ3) is 5.27. The van der Waals surface area contributed by atoms with E-state index in [0.717, 1.165) is 12.8 Å². The lowest BCUT2D eigenvalue weighted by molar-refractivity contribution is -0.136. The minimum Gasteiger partial charge on any atom is -0.481 e. The van der Waals surface area contributed by atoms with Crippen molar-refractivity contribution in [3.63, 3.8) is 0 Å². The molecule has 1 N–H and O–H groups in total. The zero-order valence-electron chi connectivity index (χ0n) is 12.0. The Morgan fingerprint density at radius 2 is 1.48 bits per heavy atom. The maximum atomic E-state index is 10.4. The van der Waals surface area contributed by atoms with Gasteiger partial charge in [-0.05, 0) is 36.0 Å². The molecule has 0 spiro atoms. The average Bonchev–Trinajstić information content (AvgIpc) is 2.52. The number of aryl methyl sites for hydroxylation is 1. The predicted octanol–water partition coefficient (Wildman–Crippen LogP) is 4.71. The van der Waals surface area contributed by atoms with Gasteiger partial charge in [-0.3, -0.25) is 4.79 Å². The Morgan fingerprint density at radius 1 is 0.857 bits per heavy atom. The lowest BCUT2D eigenvalue weighted by atomic mass is 10.0. The molecule has 0 fully saturated rings. The first-order valence-corrected chi connectivity index (χ1v) is 7.27. The molecular formula is C19H20O2. The third-order valence-corrected chi connectivity index (χ3v) is 3.35. The van der Waals surface area contributed by atoms with Gasteiger partial charge in [0, 0.05) is 6.42 Å².